The molecule has 5 rings (SSSR count). The normalized spacial score (nSPS) is 14.8. The number of hydrogen-bond donors (Lipinski definition) is 1. The number of nitrogens with zero attached hydrogens (tertiary/aromatic N) is 2. The first kappa shape index (κ1) is 20.9. The minimum Gasteiger partial charge on any atom is -0.496 e. The Morgan fingerprint density at radius 1 is 1.28 bits per heavy atom. The summed E-state index contributed by atoms with van der Waals surface area (Å²) in [6, 6.07) is 3.36. The molecule has 166 valence electrons. The lowest BCUT2D eigenvalue weighted by molar-refractivity contribution is 0.188. The summed E-state index contributed by atoms with van der Waals surface area (Å²) in [5.41, 5.74) is 7.82. The monoisotopic (exact) mass is 434 g/mol. The lowest BCUT2D eigenvalue weighted by atomic mass is 9.85. The maximum absolute atomic E-state index is 14.6. The third-order valence-corrected chi connectivity index (χ3v) is 6.66. The first-order valence-electron chi connectivity index (χ1n) is 11.1. The van der Waals surface area contributed by atoms with Gasteiger partial charge in [-0.05, 0) is 80.9 Å². The predicted octanol–water partition coefficient (Wildman–Crippen LogP) is 4.86. The second kappa shape index (κ2) is 7.55. The van der Waals surface area contributed by atoms with Crippen molar-refractivity contribution in [2.45, 2.75) is 66.2 Å². The smallest absolute Gasteiger partial charge is 0.258 e. The fourth-order valence-corrected chi connectivity index (χ4v) is 5.13. The van der Waals surface area contributed by atoms with Crippen molar-refractivity contribution in [2.24, 2.45) is 0 Å². The van der Waals surface area contributed by atoms with Crippen LogP contribution in [0.5, 0.6) is 0 Å². The molecule has 0 saturated heterocycles. The fraction of sp³-hybridized carbons (Fsp3) is 0.385. The average Bonchev–Trinajstić information content (AvgIpc) is 3.12. The number of benzene rings is 1. The molecule has 0 bridgehead atoms. The number of fused-ring (bicyclic) bond motifs is 4. The SMILES string of the molecule is CC(C)=COCc1c(C(C)O)cc2n(c1=O)Cc1c-2nc2cc(F)c(C)c3c2c1CCC3. The van der Waals surface area contributed by atoms with Crippen molar-refractivity contribution in [1.29, 1.82) is 0 Å². The zero-order valence-corrected chi connectivity index (χ0v) is 18.9. The number of allylic oxidation sites excluding steroid dienone is 1. The van der Waals surface area contributed by atoms with Gasteiger partial charge in [0.05, 0.1) is 41.4 Å². The van der Waals surface area contributed by atoms with E-state index in [-0.39, 0.29) is 18.0 Å². The van der Waals surface area contributed by atoms with E-state index >= 15 is 0 Å². The van der Waals surface area contributed by atoms with E-state index in [0.717, 1.165) is 47.0 Å². The summed E-state index contributed by atoms with van der Waals surface area (Å²) >= 11 is 0. The number of ether oxygens (including phenoxy) is 1. The standard InChI is InChI=1S/C26H27FN2O3/c1-13(2)11-32-12-20-18(15(4)30)8-23-25-19(10-29(23)26(20)31)17-7-5-6-16-14(3)21(27)9-22(28-25)24(16)17/h8-9,11,15,30H,5-7,10,12H2,1-4H3. The largest absolute Gasteiger partial charge is 0.496 e. The minimum atomic E-state index is -0.825. The summed E-state index contributed by atoms with van der Waals surface area (Å²) in [7, 11) is 0. The number of halogens is 1. The highest BCUT2D eigenvalue weighted by Gasteiger charge is 2.31. The zero-order valence-electron chi connectivity index (χ0n) is 18.9. The van der Waals surface area contributed by atoms with Crippen LogP contribution in [-0.2, 0) is 30.7 Å². The molecule has 1 unspecified atom stereocenters. The van der Waals surface area contributed by atoms with Crippen molar-refractivity contribution in [2.75, 3.05) is 0 Å². The Labute approximate surface area is 186 Å². The van der Waals surface area contributed by atoms with Gasteiger partial charge in [0.2, 0.25) is 0 Å². The Balaban J connectivity index is 1.74. The van der Waals surface area contributed by atoms with Crippen molar-refractivity contribution < 1.29 is 14.2 Å². The molecule has 0 fully saturated rings. The molecule has 1 aromatic carbocycles. The van der Waals surface area contributed by atoms with Gasteiger partial charge in [0.15, 0.2) is 0 Å². The zero-order chi connectivity index (χ0) is 22.7. The Kier molecular flexibility index (Phi) is 4.93. The van der Waals surface area contributed by atoms with Gasteiger partial charge < -0.3 is 14.4 Å². The molecule has 1 atom stereocenters. The molecule has 1 N–H and O–H groups in total. The molecule has 3 heterocycles. The van der Waals surface area contributed by atoms with Gasteiger partial charge in [0.25, 0.3) is 5.56 Å². The Bertz CT molecular complexity index is 1360. The van der Waals surface area contributed by atoms with Gasteiger partial charge in [-0.15, -0.1) is 0 Å². The van der Waals surface area contributed by atoms with E-state index in [2.05, 4.69) is 0 Å². The molecule has 6 heteroatoms. The maximum atomic E-state index is 14.6. The number of aryl methyl sites for hydroxylation is 2. The number of aliphatic hydroxyl groups is 1. The molecule has 1 aliphatic heterocycles. The average molecular weight is 435 g/mol. The third kappa shape index (κ3) is 3.08. The molecule has 1 aliphatic carbocycles. The topological polar surface area (TPSA) is 64.3 Å². The van der Waals surface area contributed by atoms with Crippen molar-refractivity contribution in [3.05, 3.63) is 73.5 Å². The Hall–Kier alpha value is -2.99. The number of hydrogen-bond acceptors (Lipinski definition) is 4. The summed E-state index contributed by atoms with van der Waals surface area (Å²) in [6.07, 6.45) is 3.48. The molecule has 0 radical (unpaired) electrons. The molecule has 2 aliphatic rings. The van der Waals surface area contributed by atoms with Crippen LogP contribution in [0.3, 0.4) is 0 Å². The first-order valence-corrected chi connectivity index (χ1v) is 11.1. The van der Waals surface area contributed by atoms with Crippen LogP contribution in [0, 0.1) is 12.7 Å². The van der Waals surface area contributed by atoms with Crippen molar-refractivity contribution in [1.82, 2.24) is 9.55 Å². The van der Waals surface area contributed by atoms with Crippen molar-refractivity contribution in [3.8, 4) is 11.4 Å². The van der Waals surface area contributed by atoms with Gasteiger partial charge in [-0.2, -0.15) is 0 Å². The Morgan fingerprint density at radius 2 is 2.03 bits per heavy atom. The van der Waals surface area contributed by atoms with Crippen LogP contribution in [0.1, 0.15) is 66.7 Å². The van der Waals surface area contributed by atoms with Crippen molar-refractivity contribution >= 4 is 10.9 Å². The number of aliphatic hydroxyl groups excluding tert-OH is 1. The second-order valence-corrected chi connectivity index (χ2v) is 9.16. The third-order valence-electron chi connectivity index (χ3n) is 6.66. The van der Waals surface area contributed by atoms with Crippen LogP contribution in [-0.4, -0.2) is 14.7 Å². The van der Waals surface area contributed by atoms with Gasteiger partial charge >= 0.3 is 0 Å². The van der Waals surface area contributed by atoms with Crippen LogP contribution in [0.4, 0.5) is 4.39 Å². The van der Waals surface area contributed by atoms with Gasteiger partial charge in [-0.3, -0.25) is 4.79 Å². The van der Waals surface area contributed by atoms with Gasteiger partial charge in [0.1, 0.15) is 12.4 Å². The lowest BCUT2D eigenvalue weighted by Gasteiger charge is -2.21. The maximum Gasteiger partial charge on any atom is 0.258 e. The second-order valence-electron chi connectivity index (χ2n) is 9.16. The molecule has 0 saturated carbocycles. The summed E-state index contributed by atoms with van der Waals surface area (Å²) in [5, 5.41) is 11.5. The number of rotatable bonds is 4. The molecular formula is C26H27FN2O3. The van der Waals surface area contributed by atoms with Crippen LogP contribution in [0.15, 0.2) is 28.8 Å². The van der Waals surface area contributed by atoms with E-state index in [1.165, 1.54) is 11.6 Å². The van der Waals surface area contributed by atoms with E-state index in [0.29, 0.717) is 34.4 Å². The quantitative estimate of drug-likeness (QED) is 0.466. The van der Waals surface area contributed by atoms with E-state index in [4.69, 9.17) is 9.72 Å². The molecule has 5 nitrogen and oxygen atoms in total. The van der Waals surface area contributed by atoms with Crippen LogP contribution in [0.2, 0.25) is 0 Å². The lowest BCUT2D eigenvalue weighted by Crippen LogP contribution is -2.26. The molecule has 3 aromatic rings. The molecule has 0 spiro atoms. The van der Waals surface area contributed by atoms with Crippen LogP contribution >= 0.6 is 0 Å². The van der Waals surface area contributed by atoms with Crippen LogP contribution < -0.4 is 5.56 Å². The highest BCUT2D eigenvalue weighted by molar-refractivity contribution is 5.92. The minimum absolute atomic E-state index is 0.0949. The number of aromatic nitrogens is 2. The van der Waals surface area contributed by atoms with E-state index in [9.17, 15) is 14.3 Å². The highest BCUT2D eigenvalue weighted by Crippen LogP contribution is 2.41. The molecular weight excluding hydrogens is 407 g/mol. The number of pyridine rings is 2. The van der Waals surface area contributed by atoms with Gasteiger partial charge in [-0.25, -0.2) is 9.37 Å². The summed E-state index contributed by atoms with van der Waals surface area (Å²) in [4.78, 5) is 18.3. The van der Waals surface area contributed by atoms with E-state index in [1.807, 2.05) is 26.8 Å². The summed E-state index contributed by atoms with van der Waals surface area (Å²) in [5.74, 6) is -0.236. The molecule has 2 aromatic heterocycles. The molecule has 32 heavy (non-hydrogen) atoms. The molecule has 0 amide bonds. The summed E-state index contributed by atoms with van der Waals surface area (Å²) in [6.45, 7) is 7.85. The fourth-order valence-electron chi connectivity index (χ4n) is 5.13. The summed E-state index contributed by atoms with van der Waals surface area (Å²) < 4.78 is 21.9. The van der Waals surface area contributed by atoms with Crippen LogP contribution in [0.25, 0.3) is 22.3 Å². The Morgan fingerprint density at radius 3 is 2.75 bits per heavy atom. The van der Waals surface area contributed by atoms with E-state index in [1.54, 1.807) is 17.8 Å². The predicted molar refractivity (Wildman–Crippen MR) is 122 cm³/mol. The highest BCUT2D eigenvalue weighted by atomic mass is 19.1. The van der Waals surface area contributed by atoms with Crippen molar-refractivity contribution in [3.63, 3.8) is 0 Å². The van der Waals surface area contributed by atoms with Gasteiger partial charge in [-0.1, -0.05) is 0 Å². The van der Waals surface area contributed by atoms with Gasteiger partial charge in [0, 0.05) is 17.0 Å². The first-order chi connectivity index (χ1) is 15.3. The van der Waals surface area contributed by atoms with E-state index < -0.39 is 6.10 Å².